The van der Waals surface area contributed by atoms with E-state index in [1.165, 1.54) is 6.07 Å². The molecule has 0 heterocycles. The van der Waals surface area contributed by atoms with E-state index in [0.717, 1.165) is 11.6 Å². The molecule has 0 saturated heterocycles. The van der Waals surface area contributed by atoms with Crippen molar-refractivity contribution in [3.8, 4) is 0 Å². The number of amides is 1. The fourth-order valence-corrected chi connectivity index (χ4v) is 2.99. The first-order valence-electron chi connectivity index (χ1n) is 4.93. The zero-order valence-electron chi connectivity index (χ0n) is 9.17. The van der Waals surface area contributed by atoms with E-state index in [9.17, 15) is 13.2 Å². The number of fused-ring (bicyclic) bond motifs is 1. The van der Waals surface area contributed by atoms with E-state index in [1.807, 2.05) is 0 Å². The van der Waals surface area contributed by atoms with E-state index in [2.05, 4.69) is 0 Å². The van der Waals surface area contributed by atoms with Crippen LogP contribution in [0.25, 0.3) is 10.8 Å². The van der Waals surface area contributed by atoms with Crippen molar-refractivity contribution < 1.29 is 13.2 Å². The molecule has 0 aliphatic rings. The van der Waals surface area contributed by atoms with Crippen molar-refractivity contribution in [2.75, 3.05) is 6.26 Å². The molecule has 0 unspecified atom stereocenters. The van der Waals surface area contributed by atoms with E-state index in [1.54, 1.807) is 30.3 Å². The van der Waals surface area contributed by atoms with Crippen molar-refractivity contribution in [1.82, 2.24) is 0 Å². The van der Waals surface area contributed by atoms with Gasteiger partial charge >= 0.3 is 0 Å². The third-order valence-corrected chi connectivity index (χ3v) is 3.70. The molecule has 0 aromatic heterocycles. The summed E-state index contributed by atoms with van der Waals surface area (Å²) in [5.74, 6) is -0.740. The molecule has 0 saturated carbocycles. The van der Waals surface area contributed by atoms with Crippen LogP contribution in [0.3, 0.4) is 0 Å². The highest BCUT2D eigenvalue weighted by Crippen LogP contribution is 2.26. The van der Waals surface area contributed by atoms with Crippen molar-refractivity contribution in [2.45, 2.75) is 4.90 Å². The molecule has 4 nitrogen and oxygen atoms in total. The molecule has 2 N–H and O–H groups in total. The van der Waals surface area contributed by atoms with Gasteiger partial charge < -0.3 is 5.73 Å². The Balaban J connectivity index is 3.00. The Morgan fingerprint density at radius 1 is 1.12 bits per heavy atom. The molecule has 88 valence electrons. The van der Waals surface area contributed by atoms with Gasteiger partial charge in [0.15, 0.2) is 9.84 Å². The number of carbonyl (C=O) groups is 1. The van der Waals surface area contributed by atoms with Crippen LogP contribution in [-0.4, -0.2) is 20.6 Å². The average Bonchev–Trinajstić information content (AvgIpc) is 2.26. The number of sulfone groups is 1. The van der Waals surface area contributed by atoms with E-state index in [0.29, 0.717) is 5.39 Å². The summed E-state index contributed by atoms with van der Waals surface area (Å²) in [5.41, 5.74) is 5.23. The van der Waals surface area contributed by atoms with E-state index in [4.69, 9.17) is 5.73 Å². The van der Waals surface area contributed by atoms with Crippen molar-refractivity contribution in [3.05, 3.63) is 42.0 Å². The Morgan fingerprint density at radius 3 is 2.35 bits per heavy atom. The summed E-state index contributed by atoms with van der Waals surface area (Å²) in [6.45, 7) is 0. The maximum absolute atomic E-state index is 11.8. The smallest absolute Gasteiger partial charge is 0.250 e. The summed E-state index contributed by atoms with van der Waals surface area (Å²) in [5, 5.41) is 1.28. The Kier molecular flexibility index (Phi) is 2.63. The van der Waals surface area contributed by atoms with Crippen LogP contribution in [-0.2, 0) is 9.84 Å². The monoisotopic (exact) mass is 249 g/mol. The van der Waals surface area contributed by atoms with E-state index >= 15 is 0 Å². The lowest BCUT2D eigenvalue weighted by Gasteiger charge is -2.08. The van der Waals surface area contributed by atoms with Crippen LogP contribution in [0, 0.1) is 0 Å². The molecule has 0 atom stereocenters. The third-order valence-electron chi connectivity index (χ3n) is 2.52. The van der Waals surface area contributed by atoms with Crippen LogP contribution in [0.5, 0.6) is 0 Å². The first-order chi connectivity index (χ1) is 7.91. The Labute approximate surface area is 99.0 Å². The normalized spacial score (nSPS) is 11.6. The number of primary amides is 1. The summed E-state index contributed by atoms with van der Waals surface area (Å²) < 4.78 is 23.5. The van der Waals surface area contributed by atoms with Crippen LogP contribution in [0.15, 0.2) is 41.3 Å². The lowest BCUT2D eigenvalue weighted by atomic mass is 10.1. The highest BCUT2D eigenvalue weighted by Gasteiger charge is 2.19. The van der Waals surface area contributed by atoms with Gasteiger partial charge in [-0.05, 0) is 11.5 Å². The van der Waals surface area contributed by atoms with Gasteiger partial charge in [0.05, 0.1) is 10.5 Å². The SMILES string of the molecule is CS(=O)(=O)c1c(C(N)=O)ccc2ccccc12. The van der Waals surface area contributed by atoms with Gasteiger partial charge in [-0.15, -0.1) is 0 Å². The molecule has 0 spiro atoms. The molecule has 0 aliphatic carbocycles. The first-order valence-corrected chi connectivity index (χ1v) is 6.82. The van der Waals surface area contributed by atoms with Crippen LogP contribution >= 0.6 is 0 Å². The number of carbonyl (C=O) groups excluding carboxylic acids is 1. The second kappa shape index (κ2) is 3.85. The van der Waals surface area contributed by atoms with Crippen molar-refractivity contribution in [2.24, 2.45) is 5.73 Å². The molecule has 0 fully saturated rings. The van der Waals surface area contributed by atoms with E-state index < -0.39 is 15.7 Å². The predicted octanol–water partition coefficient (Wildman–Crippen LogP) is 1.34. The number of hydrogen-bond donors (Lipinski definition) is 1. The van der Waals surface area contributed by atoms with Gasteiger partial charge in [-0.3, -0.25) is 4.79 Å². The maximum atomic E-state index is 11.8. The summed E-state index contributed by atoms with van der Waals surface area (Å²) in [6.07, 6.45) is 1.07. The first kappa shape index (κ1) is 11.6. The van der Waals surface area contributed by atoms with Gasteiger partial charge in [-0.2, -0.15) is 0 Å². The summed E-state index contributed by atoms with van der Waals surface area (Å²) >= 11 is 0. The zero-order valence-corrected chi connectivity index (χ0v) is 9.99. The average molecular weight is 249 g/mol. The lowest BCUT2D eigenvalue weighted by Crippen LogP contribution is -2.16. The van der Waals surface area contributed by atoms with Crippen LogP contribution in [0.2, 0.25) is 0 Å². The molecule has 5 heteroatoms. The van der Waals surface area contributed by atoms with Gasteiger partial charge in [-0.25, -0.2) is 8.42 Å². The second-order valence-electron chi connectivity index (χ2n) is 3.80. The highest BCUT2D eigenvalue weighted by atomic mass is 32.2. The summed E-state index contributed by atoms with van der Waals surface area (Å²) in [4.78, 5) is 11.3. The minimum absolute atomic E-state index is 0.00287. The summed E-state index contributed by atoms with van der Waals surface area (Å²) in [7, 11) is -3.51. The molecule has 17 heavy (non-hydrogen) atoms. The Hall–Kier alpha value is -1.88. The van der Waals surface area contributed by atoms with Crippen LogP contribution in [0.1, 0.15) is 10.4 Å². The molecular weight excluding hydrogens is 238 g/mol. The molecule has 0 radical (unpaired) electrons. The highest BCUT2D eigenvalue weighted by molar-refractivity contribution is 7.91. The Morgan fingerprint density at radius 2 is 1.76 bits per heavy atom. The Bertz CT molecular complexity index is 705. The van der Waals surface area contributed by atoms with Gasteiger partial charge in [0.2, 0.25) is 5.91 Å². The van der Waals surface area contributed by atoms with Crippen molar-refractivity contribution in [1.29, 1.82) is 0 Å². The fourth-order valence-electron chi connectivity index (χ4n) is 1.84. The molecule has 2 rings (SSSR count). The predicted molar refractivity (Wildman–Crippen MR) is 65.6 cm³/mol. The number of hydrogen-bond acceptors (Lipinski definition) is 3. The molecule has 2 aromatic carbocycles. The van der Waals surface area contributed by atoms with Crippen molar-refractivity contribution in [3.63, 3.8) is 0 Å². The third kappa shape index (κ3) is 2.01. The number of benzene rings is 2. The standard InChI is InChI=1S/C12H11NO3S/c1-17(15,16)11-9-5-3-2-4-8(9)6-7-10(11)12(13)14/h2-7H,1H3,(H2,13,14). The number of nitrogens with two attached hydrogens (primary N) is 1. The zero-order chi connectivity index (χ0) is 12.6. The molecular formula is C12H11NO3S. The van der Waals surface area contributed by atoms with Crippen LogP contribution < -0.4 is 5.73 Å². The van der Waals surface area contributed by atoms with Gasteiger partial charge in [0.25, 0.3) is 0 Å². The minimum Gasteiger partial charge on any atom is -0.366 e. The van der Waals surface area contributed by atoms with Gasteiger partial charge in [0, 0.05) is 11.6 Å². The van der Waals surface area contributed by atoms with Gasteiger partial charge in [0.1, 0.15) is 0 Å². The largest absolute Gasteiger partial charge is 0.366 e. The minimum atomic E-state index is -3.51. The van der Waals surface area contributed by atoms with Crippen LogP contribution in [0.4, 0.5) is 0 Å². The molecule has 0 aliphatic heterocycles. The topological polar surface area (TPSA) is 77.2 Å². The maximum Gasteiger partial charge on any atom is 0.250 e. The second-order valence-corrected chi connectivity index (χ2v) is 5.75. The number of rotatable bonds is 2. The summed E-state index contributed by atoms with van der Waals surface area (Å²) in [6, 6.07) is 10.1. The fraction of sp³-hybridized carbons (Fsp3) is 0.0833. The van der Waals surface area contributed by atoms with Crippen molar-refractivity contribution >= 4 is 26.5 Å². The molecule has 2 aromatic rings. The lowest BCUT2D eigenvalue weighted by molar-refractivity contribution is 0.0997. The quantitative estimate of drug-likeness (QED) is 0.872. The molecule has 1 amide bonds. The van der Waals surface area contributed by atoms with E-state index in [-0.39, 0.29) is 10.5 Å². The molecule has 0 bridgehead atoms. The van der Waals surface area contributed by atoms with Gasteiger partial charge in [-0.1, -0.05) is 30.3 Å².